The Balaban J connectivity index is 1.45. The molecule has 0 radical (unpaired) electrons. The summed E-state index contributed by atoms with van der Waals surface area (Å²) in [7, 11) is 0. The Hall–Kier alpha value is -2.90. The molecule has 2 heterocycles. The number of hydrogen-bond donors (Lipinski definition) is 2. The van der Waals surface area contributed by atoms with Gasteiger partial charge in [0.05, 0.1) is 6.54 Å². The maximum absolute atomic E-state index is 12.8. The highest BCUT2D eigenvalue weighted by atomic mass is 16.5. The molecule has 2 aliphatic heterocycles. The number of para-hydroxylation sites is 1. The Labute approximate surface area is 175 Å². The molecule has 0 aliphatic carbocycles. The summed E-state index contributed by atoms with van der Waals surface area (Å²) >= 11 is 0. The van der Waals surface area contributed by atoms with Crippen LogP contribution in [0.4, 0.5) is 0 Å². The number of fused-ring (bicyclic) bond motifs is 1. The quantitative estimate of drug-likeness (QED) is 0.761. The van der Waals surface area contributed by atoms with Crippen molar-refractivity contribution in [3.63, 3.8) is 0 Å². The van der Waals surface area contributed by atoms with Crippen LogP contribution in [0.15, 0.2) is 48.5 Å². The molecule has 7 heteroatoms. The second-order valence-electron chi connectivity index (χ2n) is 8.80. The lowest BCUT2D eigenvalue weighted by Crippen LogP contribution is -2.49. The maximum atomic E-state index is 12.8. The van der Waals surface area contributed by atoms with Gasteiger partial charge in [-0.1, -0.05) is 32.0 Å². The number of ether oxygens (including phenoxy) is 1. The van der Waals surface area contributed by atoms with Crippen LogP contribution < -0.4 is 4.74 Å². The molecule has 4 rings (SSSR count). The van der Waals surface area contributed by atoms with Crippen LogP contribution >= 0.6 is 0 Å². The number of carboxylic acid groups (broad SMARTS) is 1. The van der Waals surface area contributed by atoms with Crippen molar-refractivity contribution in [1.29, 1.82) is 0 Å². The van der Waals surface area contributed by atoms with Crippen LogP contribution in [0, 0.1) is 5.41 Å². The molecule has 2 N–H and O–H groups in total. The number of hydrogen-bond acceptors (Lipinski definition) is 5. The molecule has 2 aliphatic rings. The lowest BCUT2D eigenvalue weighted by atomic mass is 9.91. The van der Waals surface area contributed by atoms with Gasteiger partial charge in [-0.2, -0.15) is 0 Å². The molecule has 1 saturated heterocycles. The fourth-order valence-electron chi connectivity index (χ4n) is 4.35. The van der Waals surface area contributed by atoms with Crippen molar-refractivity contribution in [2.45, 2.75) is 39.1 Å². The summed E-state index contributed by atoms with van der Waals surface area (Å²) in [5.41, 5.74) is 1.21. The first kappa shape index (κ1) is 20.4. The SMILES string of the molecule is CC1(C)C[C@@H](C(=O)O)N(C(O)CN2Cc3cc(Oc4ccccc4)ccc3C2=O)C1. The Morgan fingerprint density at radius 3 is 2.63 bits per heavy atom. The molecule has 1 unspecified atom stereocenters. The van der Waals surface area contributed by atoms with Crippen molar-refractivity contribution < 1.29 is 24.5 Å². The van der Waals surface area contributed by atoms with Gasteiger partial charge in [0.15, 0.2) is 0 Å². The first-order chi connectivity index (χ1) is 14.2. The highest BCUT2D eigenvalue weighted by Crippen LogP contribution is 2.36. The van der Waals surface area contributed by atoms with Gasteiger partial charge in [0.2, 0.25) is 0 Å². The molecule has 1 fully saturated rings. The Morgan fingerprint density at radius 2 is 1.93 bits per heavy atom. The third kappa shape index (κ3) is 4.04. The zero-order valence-corrected chi connectivity index (χ0v) is 17.1. The van der Waals surface area contributed by atoms with Crippen LogP contribution in [0.5, 0.6) is 11.5 Å². The van der Waals surface area contributed by atoms with Crippen LogP contribution in [0.25, 0.3) is 0 Å². The van der Waals surface area contributed by atoms with Crippen molar-refractivity contribution in [2.75, 3.05) is 13.1 Å². The van der Waals surface area contributed by atoms with Crippen LogP contribution in [0.1, 0.15) is 36.2 Å². The molecule has 0 bridgehead atoms. The van der Waals surface area contributed by atoms with Crippen molar-refractivity contribution in [2.24, 2.45) is 5.41 Å². The second-order valence-corrected chi connectivity index (χ2v) is 8.80. The van der Waals surface area contributed by atoms with Gasteiger partial charge in [0.25, 0.3) is 5.91 Å². The van der Waals surface area contributed by atoms with Gasteiger partial charge in [-0.25, -0.2) is 0 Å². The number of carbonyl (C=O) groups excluding carboxylic acids is 1. The van der Waals surface area contributed by atoms with E-state index in [0.29, 0.717) is 36.6 Å². The fraction of sp³-hybridized carbons (Fsp3) is 0.391. The van der Waals surface area contributed by atoms with E-state index in [2.05, 4.69) is 0 Å². The first-order valence-corrected chi connectivity index (χ1v) is 10.1. The third-order valence-corrected chi connectivity index (χ3v) is 5.74. The molecular weight excluding hydrogens is 384 g/mol. The summed E-state index contributed by atoms with van der Waals surface area (Å²) in [5, 5.41) is 20.3. The minimum Gasteiger partial charge on any atom is -0.480 e. The van der Waals surface area contributed by atoms with E-state index in [9.17, 15) is 19.8 Å². The summed E-state index contributed by atoms with van der Waals surface area (Å²) in [6, 6.07) is 14.0. The summed E-state index contributed by atoms with van der Waals surface area (Å²) in [5.74, 6) is 0.242. The van der Waals surface area contributed by atoms with Gasteiger partial charge in [0, 0.05) is 18.7 Å². The number of carbonyl (C=O) groups is 2. The van der Waals surface area contributed by atoms with Gasteiger partial charge < -0.3 is 19.8 Å². The predicted octanol–water partition coefficient (Wildman–Crippen LogP) is 2.94. The van der Waals surface area contributed by atoms with Crippen LogP contribution in [0.2, 0.25) is 0 Å². The molecule has 1 amide bonds. The Kier molecular flexibility index (Phi) is 5.26. The number of aliphatic hydroxyl groups is 1. The van der Waals surface area contributed by atoms with E-state index in [-0.39, 0.29) is 17.9 Å². The molecule has 0 saturated carbocycles. The second kappa shape index (κ2) is 7.74. The van der Waals surface area contributed by atoms with Crippen molar-refractivity contribution in [3.05, 3.63) is 59.7 Å². The van der Waals surface area contributed by atoms with Crippen LogP contribution in [-0.2, 0) is 11.3 Å². The number of likely N-dealkylation sites (tertiary alicyclic amines) is 1. The van der Waals surface area contributed by atoms with E-state index < -0.39 is 18.2 Å². The Bertz CT molecular complexity index is 959. The number of aliphatic hydroxyl groups excluding tert-OH is 1. The summed E-state index contributed by atoms with van der Waals surface area (Å²) in [4.78, 5) is 27.6. The Morgan fingerprint density at radius 1 is 1.20 bits per heavy atom. The molecule has 2 aromatic rings. The highest BCUT2D eigenvalue weighted by Gasteiger charge is 2.45. The van der Waals surface area contributed by atoms with E-state index in [1.54, 1.807) is 21.9 Å². The molecule has 7 nitrogen and oxygen atoms in total. The minimum absolute atomic E-state index is 0.0578. The molecule has 0 spiro atoms. The molecule has 2 aromatic carbocycles. The summed E-state index contributed by atoms with van der Waals surface area (Å²) in [6.07, 6.45) is -0.570. The minimum atomic E-state index is -1.04. The van der Waals surface area contributed by atoms with Gasteiger partial charge in [-0.15, -0.1) is 0 Å². The standard InChI is InChI=1S/C23H26N2O5/c1-23(2)11-19(22(28)29)25(14-23)20(26)13-24-12-15-10-17(8-9-18(15)21(24)27)30-16-6-4-3-5-7-16/h3-10,19-20,26H,11-14H2,1-2H3,(H,28,29)/t19-,20?/m0/s1. The number of aliphatic carboxylic acids is 1. The van der Waals surface area contributed by atoms with Gasteiger partial charge in [0.1, 0.15) is 23.8 Å². The zero-order valence-electron chi connectivity index (χ0n) is 17.1. The zero-order chi connectivity index (χ0) is 21.5. The largest absolute Gasteiger partial charge is 0.480 e. The van der Waals surface area contributed by atoms with Crippen molar-refractivity contribution in [1.82, 2.24) is 9.80 Å². The first-order valence-electron chi connectivity index (χ1n) is 10.1. The maximum Gasteiger partial charge on any atom is 0.321 e. The topological polar surface area (TPSA) is 90.3 Å². The fourth-order valence-corrected chi connectivity index (χ4v) is 4.35. The van der Waals surface area contributed by atoms with E-state index in [1.807, 2.05) is 50.2 Å². The number of benzene rings is 2. The molecule has 2 atom stereocenters. The smallest absolute Gasteiger partial charge is 0.321 e. The van der Waals surface area contributed by atoms with E-state index in [4.69, 9.17) is 4.74 Å². The number of rotatable bonds is 6. The van der Waals surface area contributed by atoms with Gasteiger partial charge in [-0.3, -0.25) is 14.5 Å². The van der Waals surface area contributed by atoms with E-state index >= 15 is 0 Å². The average molecular weight is 410 g/mol. The van der Waals surface area contributed by atoms with Crippen molar-refractivity contribution >= 4 is 11.9 Å². The monoisotopic (exact) mass is 410 g/mol. The van der Waals surface area contributed by atoms with E-state index in [1.165, 1.54) is 0 Å². The molecular formula is C23H26N2O5. The normalized spacial score (nSPS) is 21.5. The molecule has 158 valence electrons. The van der Waals surface area contributed by atoms with Crippen LogP contribution in [-0.4, -0.2) is 57.2 Å². The third-order valence-electron chi connectivity index (χ3n) is 5.74. The van der Waals surface area contributed by atoms with Crippen molar-refractivity contribution in [3.8, 4) is 11.5 Å². The summed E-state index contributed by atoms with van der Waals surface area (Å²) in [6.45, 7) is 4.85. The lowest BCUT2D eigenvalue weighted by Gasteiger charge is -2.30. The average Bonchev–Trinajstić information content (AvgIpc) is 3.19. The number of nitrogens with zero attached hydrogens (tertiary/aromatic N) is 2. The predicted molar refractivity (Wildman–Crippen MR) is 110 cm³/mol. The van der Waals surface area contributed by atoms with Gasteiger partial charge >= 0.3 is 5.97 Å². The van der Waals surface area contributed by atoms with E-state index in [0.717, 1.165) is 5.56 Å². The number of amides is 1. The van der Waals surface area contributed by atoms with Gasteiger partial charge in [-0.05, 0) is 47.7 Å². The highest BCUT2D eigenvalue weighted by molar-refractivity contribution is 5.98. The molecule has 0 aromatic heterocycles. The number of carboxylic acids is 1. The van der Waals surface area contributed by atoms with Crippen LogP contribution in [0.3, 0.4) is 0 Å². The molecule has 30 heavy (non-hydrogen) atoms. The summed E-state index contributed by atoms with van der Waals surface area (Å²) < 4.78 is 5.85. The number of β-amino-alcohol motifs (C(OH)–C–C–N with tert-alkyl or cyclic N) is 1. The lowest BCUT2D eigenvalue weighted by molar-refractivity contribution is -0.146.